The number of para-hydroxylation sites is 1. The first-order chi connectivity index (χ1) is 8.94. The Morgan fingerprint density at radius 1 is 1.42 bits per heavy atom. The smallest absolute Gasteiger partial charge is 0.212 e. The predicted molar refractivity (Wildman–Crippen MR) is 79.8 cm³/mol. The van der Waals surface area contributed by atoms with Gasteiger partial charge in [0.05, 0.1) is 12.4 Å². The Morgan fingerprint density at radius 3 is 2.74 bits per heavy atom. The fraction of sp³-hybridized carbons (Fsp3) is 0.500. The van der Waals surface area contributed by atoms with Crippen LogP contribution in [-0.4, -0.2) is 39.7 Å². The third-order valence-electron chi connectivity index (χ3n) is 2.33. The fourth-order valence-electron chi connectivity index (χ4n) is 1.52. The maximum absolute atomic E-state index is 11.8. The highest BCUT2D eigenvalue weighted by molar-refractivity contribution is 8.00. The quantitative estimate of drug-likeness (QED) is 0.559. The van der Waals surface area contributed by atoms with E-state index in [4.69, 9.17) is 10.5 Å². The Hall–Kier alpha value is -0.760. The highest BCUT2D eigenvalue weighted by atomic mass is 32.2. The van der Waals surface area contributed by atoms with Gasteiger partial charge in [0.1, 0.15) is 0 Å². The van der Waals surface area contributed by atoms with Gasteiger partial charge in [0.25, 0.3) is 0 Å². The van der Waals surface area contributed by atoms with Crippen LogP contribution in [0, 0.1) is 0 Å². The van der Waals surface area contributed by atoms with Crippen molar-refractivity contribution < 1.29 is 13.2 Å². The minimum atomic E-state index is -3.28. The predicted octanol–water partition coefficient (Wildman–Crippen LogP) is 1.32. The van der Waals surface area contributed by atoms with Crippen molar-refractivity contribution in [3.63, 3.8) is 0 Å². The summed E-state index contributed by atoms with van der Waals surface area (Å²) in [6, 6.07) is 7.20. The molecule has 1 aromatic rings. The Labute approximate surface area is 119 Å². The van der Waals surface area contributed by atoms with Crippen molar-refractivity contribution in [2.75, 3.05) is 31.0 Å². The van der Waals surface area contributed by atoms with E-state index in [1.807, 2.05) is 18.2 Å². The van der Waals surface area contributed by atoms with Crippen LogP contribution in [0.5, 0.6) is 0 Å². The van der Waals surface area contributed by atoms with Crippen LogP contribution in [0.15, 0.2) is 29.2 Å². The van der Waals surface area contributed by atoms with E-state index in [9.17, 15) is 8.42 Å². The average Bonchev–Trinajstić information content (AvgIpc) is 2.31. The van der Waals surface area contributed by atoms with Gasteiger partial charge >= 0.3 is 0 Å². The van der Waals surface area contributed by atoms with Crippen molar-refractivity contribution in [2.24, 2.45) is 0 Å². The number of anilines is 1. The van der Waals surface area contributed by atoms with E-state index < -0.39 is 10.0 Å². The molecule has 3 N–H and O–H groups in total. The number of hydrogen-bond donors (Lipinski definition) is 2. The first kappa shape index (κ1) is 16.3. The number of sulfonamides is 1. The second kappa shape index (κ2) is 7.74. The zero-order chi connectivity index (χ0) is 14.3. The van der Waals surface area contributed by atoms with Gasteiger partial charge in [-0.25, -0.2) is 13.1 Å². The molecule has 7 heteroatoms. The van der Waals surface area contributed by atoms with E-state index >= 15 is 0 Å². The minimum Gasteiger partial charge on any atom is -0.398 e. The van der Waals surface area contributed by atoms with Crippen LogP contribution in [0.3, 0.4) is 0 Å². The molecular weight excluding hydrogens is 284 g/mol. The van der Waals surface area contributed by atoms with Gasteiger partial charge in [-0.05, 0) is 19.1 Å². The second-order valence-corrected chi connectivity index (χ2v) is 7.19. The summed E-state index contributed by atoms with van der Waals surface area (Å²) in [5.41, 5.74) is 6.46. The Kier molecular flexibility index (Phi) is 6.64. The number of methoxy groups -OCH3 is 1. The Balaban J connectivity index is 2.42. The summed E-state index contributed by atoms with van der Waals surface area (Å²) in [6.45, 7) is 2.13. The number of nitrogens with two attached hydrogens (primary N) is 1. The lowest BCUT2D eigenvalue weighted by Gasteiger charge is -2.13. The molecule has 0 fully saturated rings. The molecule has 1 rings (SSSR count). The molecule has 19 heavy (non-hydrogen) atoms. The fourth-order valence-corrected chi connectivity index (χ4v) is 4.16. The lowest BCUT2D eigenvalue weighted by Crippen LogP contribution is -2.37. The number of rotatable bonds is 8. The van der Waals surface area contributed by atoms with E-state index in [1.165, 1.54) is 11.8 Å². The van der Waals surface area contributed by atoms with Crippen molar-refractivity contribution in [1.82, 2.24) is 4.72 Å². The zero-order valence-corrected chi connectivity index (χ0v) is 12.8. The number of nitrogen functional groups attached to an aromatic ring is 1. The number of benzene rings is 1. The van der Waals surface area contributed by atoms with Crippen LogP contribution in [0.2, 0.25) is 0 Å². The van der Waals surface area contributed by atoms with Crippen molar-refractivity contribution in [1.29, 1.82) is 0 Å². The number of nitrogens with one attached hydrogen (secondary N) is 1. The standard InChI is InChI=1S/C12H20N2O3S2/c1-10(9-17-2)14-19(15,16)8-7-18-12-6-4-3-5-11(12)13/h3-6,10,14H,7-9,13H2,1-2H3. The summed E-state index contributed by atoms with van der Waals surface area (Å²) in [5, 5.41) is 0. The minimum absolute atomic E-state index is 0.0556. The molecule has 0 spiro atoms. The molecule has 0 bridgehead atoms. The summed E-state index contributed by atoms with van der Waals surface area (Å²) in [4.78, 5) is 0.905. The van der Waals surface area contributed by atoms with Gasteiger partial charge in [-0.1, -0.05) is 12.1 Å². The summed E-state index contributed by atoms with van der Waals surface area (Å²) in [7, 11) is -1.74. The monoisotopic (exact) mass is 304 g/mol. The van der Waals surface area contributed by atoms with Crippen molar-refractivity contribution >= 4 is 27.5 Å². The van der Waals surface area contributed by atoms with Crippen molar-refractivity contribution in [2.45, 2.75) is 17.9 Å². The van der Waals surface area contributed by atoms with Crippen LogP contribution in [0.1, 0.15) is 6.92 Å². The van der Waals surface area contributed by atoms with E-state index in [0.717, 1.165) is 4.90 Å². The SMILES string of the molecule is COCC(C)NS(=O)(=O)CCSc1ccccc1N. The van der Waals surface area contributed by atoms with Gasteiger partial charge < -0.3 is 10.5 Å². The molecule has 0 heterocycles. The zero-order valence-electron chi connectivity index (χ0n) is 11.1. The average molecular weight is 304 g/mol. The molecule has 5 nitrogen and oxygen atoms in total. The highest BCUT2D eigenvalue weighted by Gasteiger charge is 2.14. The van der Waals surface area contributed by atoms with Crippen LogP contribution in [0.4, 0.5) is 5.69 Å². The molecule has 0 radical (unpaired) electrons. The molecule has 1 atom stereocenters. The number of hydrogen-bond acceptors (Lipinski definition) is 5. The molecule has 0 aliphatic rings. The first-order valence-electron chi connectivity index (χ1n) is 5.91. The molecule has 1 unspecified atom stereocenters. The van der Waals surface area contributed by atoms with Gasteiger partial charge in [0.2, 0.25) is 10.0 Å². The maximum Gasteiger partial charge on any atom is 0.212 e. The highest BCUT2D eigenvalue weighted by Crippen LogP contribution is 2.24. The van der Waals surface area contributed by atoms with Gasteiger partial charge in [0, 0.05) is 29.5 Å². The first-order valence-corrected chi connectivity index (χ1v) is 8.54. The third kappa shape index (κ3) is 6.29. The number of ether oxygens (including phenoxy) is 1. The molecule has 0 aromatic heterocycles. The Bertz CT molecular complexity index is 492. The van der Waals surface area contributed by atoms with E-state index in [2.05, 4.69) is 4.72 Å². The van der Waals surface area contributed by atoms with Crippen molar-refractivity contribution in [3.05, 3.63) is 24.3 Å². The van der Waals surface area contributed by atoms with Crippen LogP contribution in [-0.2, 0) is 14.8 Å². The van der Waals surface area contributed by atoms with Gasteiger partial charge in [-0.3, -0.25) is 0 Å². The molecule has 1 aromatic carbocycles. The van der Waals surface area contributed by atoms with Crippen LogP contribution < -0.4 is 10.5 Å². The van der Waals surface area contributed by atoms with Crippen molar-refractivity contribution in [3.8, 4) is 0 Å². The topological polar surface area (TPSA) is 81.4 Å². The van der Waals surface area contributed by atoms with Crippen LogP contribution >= 0.6 is 11.8 Å². The molecule has 0 saturated heterocycles. The number of thioether (sulfide) groups is 1. The molecule has 0 aliphatic carbocycles. The molecule has 0 amide bonds. The second-order valence-electron chi connectivity index (χ2n) is 4.18. The summed E-state index contributed by atoms with van der Waals surface area (Å²) in [5.74, 6) is 0.517. The van der Waals surface area contributed by atoms with E-state index in [1.54, 1.807) is 20.1 Å². The van der Waals surface area contributed by atoms with E-state index in [0.29, 0.717) is 18.0 Å². The lowest BCUT2D eigenvalue weighted by molar-refractivity contribution is 0.180. The molecular formula is C12H20N2O3S2. The largest absolute Gasteiger partial charge is 0.398 e. The van der Waals surface area contributed by atoms with Crippen LogP contribution in [0.25, 0.3) is 0 Å². The lowest BCUT2D eigenvalue weighted by atomic mass is 10.3. The molecule has 108 valence electrons. The van der Waals surface area contributed by atoms with Gasteiger partial charge in [0.15, 0.2) is 0 Å². The maximum atomic E-state index is 11.8. The molecule has 0 aliphatic heterocycles. The summed E-state index contributed by atoms with van der Waals surface area (Å²) < 4.78 is 31.0. The van der Waals surface area contributed by atoms with E-state index in [-0.39, 0.29) is 11.8 Å². The molecule has 0 saturated carbocycles. The van der Waals surface area contributed by atoms with Gasteiger partial charge in [-0.15, -0.1) is 11.8 Å². The summed E-state index contributed by atoms with van der Waals surface area (Å²) >= 11 is 1.44. The normalized spacial score (nSPS) is 13.4. The summed E-state index contributed by atoms with van der Waals surface area (Å²) in [6.07, 6.45) is 0. The van der Waals surface area contributed by atoms with Gasteiger partial charge in [-0.2, -0.15) is 0 Å². The Morgan fingerprint density at radius 2 is 2.11 bits per heavy atom. The third-order valence-corrected chi connectivity index (χ3v) is 5.18.